The van der Waals surface area contributed by atoms with E-state index in [4.69, 9.17) is 47.0 Å². The van der Waals surface area contributed by atoms with Crippen molar-refractivity contribution < 1.29 is 4.79 Å². The fraction of sp³-hybridized carbons (Fsp3) is 0.182. The van der Waals surface area contributed by atoms with Gasteiger partial charge in [-0.3, -0.25) is 10.1 Å². The molecule has 1 amide bonds. The van der Waals surface area contributed by atoms with E-state index in [0.717, 1.165) is 18.5 Å². The van der Waals surface area contributed by atoms with Crippen molar-refractivity contribution in [3.63, 3.8) is 0 Å². The van der Waals surface area contributed by atoms with Crippen LogP contribution < -0.4 is 10.6 Å². The summed E-state index contributed by atoms with van der Waals surface area (Å²) in [6.45, 7) is 0. The third kappa shape index (κ3) is 4.49. The van der Waals surface area contributed by atoms with Gasteiger partial charge in [0.2, 0.25) is 0 Å². The highest BCUT2D eigenvalue weighted by molar-refractivity contribution is 7.80. The van der Waals surface area contributed by atoms with Crippen LogP contribution >= 0.6 is 47.0 Å². The lowest BCUT2D eigenvalue weighted by Gasteiger charge is -2.14. The summed E-state index contributed by atoms with van der Waals surface area (Å²) in [5.74, 6) is -0.398. The van der Waals surface area contributed by atoms with E-state index in [1.165, 1.54) is 24.0 Å². The van der Waals surface area contributed by atoms with Crippen LogP contribution in [0, 0.1) is 0 Å². The standard InChI is InChI=1S/C22H18Cl3N3OS/c23-17-8-4-3-7-16(17)21(29)27-22(30)26-15-9-18(24)20(19(25)10-15)28-11-13-5-1-2-6-14(13)12-28/h3-4,7-12H,1-2,5-6H2,(H2,26,27,29,30). The second kappa shape index (κ2) is 8.98. The van der Waals surface area contributed by atoms with Crippen LogP contribution in [-0.4, -0.2) is 15.6 Å². The lowest BCUT2D eigenvalue weighted by Crippen LogP contribution is -2.34. The summed E-state index contributed by atoms with van der Waals surface area (Å²) in [4.78, 5) is 12.4. The molecule has 0 fully saturated rings. The molecule has 0 spiro atoms. The summed E-state index contributed by atoms with van der Waals surface area (Å²) in [6.07, 6.45) is 8.77. The van der Waals surface area contributed by atoms with Crippen LogP contribution in [0.15, 0.2) is 48.8 Å². The van der Waals surface area contributed by atoms with Gasteiger partial charge in [0.25, 0.3) is 5.91 Å². The van der Waals surface area contributed by atoms with Gasteiger partial charge in [-0.2, -0.15) is 0 Å². The van der Waals surface area contributed by atoms with E-state index < -0.39 is 5.91 Å². The van der Waals surface area contributed by atoms with Crippen molar-refractivity contribution in [2.75, 3.05) is 5.32 Å². The fourth-order valence-electron chi connectivity index (χ4n) is 3.61. The molecule has 1 aliphatic rings. The van der Waals surface area contributed by atoms with Gasteiger partial charge in [0.15, 0.2) is 5.11 Å². The van der Waals surface area contributed by atoms with Crippen LogP contribution in [0.2, 0.25) is 15.1 Å². The third-order valence-corrected chi connectivity index (χ3v) is 6.13. The molecule has 0 unspecified atom stereocenters. The maximum Gasteiger partial charge on any atom is 0.258 e. The number of thiocarbonyl (C=S) groups is 1. The molecule has 4 nitrogen and oxygen atoms in total. The van der Waals surface area contributed by atoms with E-state index in [-0.39, 0.29) is 5.11 Å². The zero-order valence-corrected chi connectivity index (χ0v) is 18.9. The summed E-state index contributed by atoms with van der Waals surface area (Å²) >= 11 is 24.4. The number of halogens is 3. The number of nitrogens with one attached hydrogen (secondary N) is 2. The van der Waals surface area contributed by atoms with Crippen molar-refractivity contribution in [1.29, 1.82) is 0 Å². The Balaban J connectivity index is 1.50. The number of nitrogens with zero attached hydrogens (tertiary/aromatic N) is 1. The Bertz CT molecular complexity index is 1100. The number of amides is 1. The lowest BCUT2D eigenvalue weighted by atomic mass is 9.96. The average molecular weight is 479 g/mol. The van der Waals surface area contributed by atoms with Gasteiger partial charge < -0.3 is 9.88 Å². The van der Waals surface area contributed by atoms with Crippen LogP contribution in [0.25, 0.3) is 5.69 Å². The molecule has 154 valence electrons. The van der Waals surface area contributed by atoms with Gasteiger partial charge in [-0.05, 0) is 73.3 Å². The normalized spacial score (nSPS) is 12.9. The highest BCUT2D eigenvalue weighted by Gasteiger charge is 2.17. The second-order valence-electron chi connectivity index (χ2n) is 7.10. The van der Waals surface area contributed by atoms with Gasteiger partial charge >= 0.3 is 0 Å². The number of fused-ring (bicyclic) bond motifs is 1. The largest absolute Gasteiger partial charge is 0.332 e. The molecule has 2 aromatic carbocycles. The van der Waals surface area contributed by atoms with Gasteiger partial charge in [0.05, 0.1) is 26.3 Å². The molecule has 30 heavy (non-hydrogen) atoms. The van der Waals surface area contributed by atoms with Crippen molar-refractivity contribution >= 4 is 63.7 Å². The van der Waals surface area contributed by atoms with Gasteiger partial charge in [-0.15, -0.1) is 0 Å². The number of hydrogen-bond acceptors (Lipinski definition) is 2. The van der Waals surface area contributed by atoms with Crippen molar-refractivity contribution in [2.45, 2.75) is 25.7 Å². The third-order valence-electron chi connectivity index (χ3n) is 5.02. The Labute approximate surface area is 195 Å². The Morgan fingerprint density at radius 2 is 1.53 bits per heavy atom. The lowest BCUT2D eigenvalue weighted by molar-refractivity contribution is 0.0978. The molecule has 3 aromatic rings. The minimum absolute atomic E-state index is 0.122. The number of carbonyl (C=O) groups is 1. The van der Waals surface area contributed by atoms with Crippen molar-refractivity contribution in [3.05, 3.63) is 80.6 Å². The fourth-order valence-corrected chi connectivity index (χ4v) is 4.73. The summed E-state index contributed by atoms with van der Waals surface area (Å²) in [5.41, 5.74) is 4.34. The van der Waals surface area contributed by atoms with Crippen LogP contribution in [0.5, 0.6) is 0 Å². The monoisotopic (exact) mass is 477 g/mol. The summed E-state index contributed by atoms with van der Waals surface area (Å²) in [7, 11) is 0. The molecular weight excluding hydrogens is 461 g/mol. The molecule has 0 saturated heterocycles. The van der Waals surface area contributed by atoms with Crippen LogP contribution in [0.4, 0.5) is 5.69 Å². The van der Waals surface area contributed by atoms with Crippen LogP contribution in [0.3, 0.4) is 0 Å². The molecule has 0 atom stereocenters. The molecule has 0 aliphatic heterocycles. The number of carbonyl (C=O) groups excluding carboxylic acids is 1. The first-order chi connectivity index (χ1) is 14.4. The van der Waals surface area contributed by atoms with Gasteiger partial charge in [-0.25, -0.2) is 0 Å². The molecule has 2 N–H and O–H groups in total. The van der Waals surface area contributed by atoms with Crippen molar-refractivity contribution in [2.24, 2.45) is 0 Å². The van der Waals surface area contributed by atoms with E-state index in [2.05, 4.69) is 23.0 Å². The van der Waals surface area contributed by atoms with E-state index in [1.807, 2.05) is 4.57 Å². The van der Waals surface area contributed by atoms with Crippen molar-refractivity contribution in [1.82, 2.24) is 9.88 Å². The smallest absolute Gasteiger partial charge is 0.258 e. The maximum atomic E-state index is 12.4. The molecule has 0 bridgehead atoms. The molecule has 0 radical (unpaired) electrons. The van der Waals surface area contributed by atoms with Crippen molar-refractivity contribution in [3.8, 4) is 5.69 Å². The van der Waals surface area contributed by atoms with E-state index >= 15 is 0 Å². The Morgan fingerprint density at radius 1 is 0.933 bits per heavy atom. The minimum Gasteiger partial charge on any atom is -0.332 e. The first-order valence-corrected chi connectivity index (χ1v) is 11.0. The van der Waals surface area contributed by atoms with E-state index in [0.29, 0.717) is 26.3 Å². The van der Waals surface area contributed by atoms with E-state index in [1.54, 1.807) is 36.4 Å². The number of rotatable bonds is 3. The Morgan fingerprint density at radius 3 is 2.13 bits per heavy atom. The zero-order valence-electron chi connectivity index (χ0n) is 15.8. The summed E-state index contributed by atoms with van der Waals surface area (Å²) < 4.78 is 1.99. The molecule has 0 saturated carbocycles. The van der Waals surface area contributed by atoms with Gasteiger partial charge in [0.1, 0.15) is 0 Å². The number of benzene rings is 2. The first kappa shape index (κ1) is 21.2. The minimum atomic E-state index is -0.398. The molecule has 1 aromatic heterocycles. The predicted molar refractivity (Wildman–Crippen MR) is 128 cm³/mol. The Kier molecular flexibility index (Phi) is 6.34. The number of hydrogen-bond donors (Lipinski definition) is 2. The number of aryl methyl sites for hydroxylation is 2. The second-order valence-corrected chi connectivity index (χ2v) is 8.73. The van der Waals surface area contributed by atoms with Crippen LogP contribution in [0.1, 0.15) is 34.3 Å². The van der Waals surface area contributed by atoms with Crippen LogP contribution in [-0.2, 0) is 12.8 Å². The van der Waals surface area contributed by atoms with E-state index in [9.17, 15) is 4.79 Å². The SMILES string of the molecule is O=C(NC(=S)Nc1cc(Cl)c(-n2cc3c(c2)CCCC3)c(Cl)c1)c1ccccc1Cl. The summed E-state index contributed by atoms with van der Waals surface area (Å²) in [6, 6.07) is 10.2. The topological polar surface area (TPSA) is 46.1 Å². The maximum absolute atomic E-state index is 12.4. The molecular formula is C22H18Cl3N3OS. The first-order valence-electron chi connectivity index (χ1n) is 9.48. The average Bonchev–Trinajstić information content (AvgIpc) is 3.11. The van der Waals surface area contributed by atoms with Gasteiger partial charge in [-0.1, -0.05) is 46.9 Å². The number of aromatic nitrogens is 1. The molecule has 1 aliphatic carbocycles. The highest BCUT2D eigenvalue weighted by Crippen LogP contribution is 2.34. The highest BCUT2D eigenvalue weighted by atomic mass is 35.5. The molecule has 8 heteroatoms. The van der Waals surface area contributed by atoms with Gasteiger partial charge in [0, 0.05) is 18.1 Å². The predicted octanol–water partition coefficient (Wildman–Crippen LogP) is 6.44. The Hall–Kier alpha value is -2.05. The summed E-state index contributed by atoms with van der Waals surface area (Å²) in [5, 5.41) is 7.00. The molecule has 1 heterocycles. The quantitative estimate of drug-likeness (QED) is 0.426. The zero-order chi connectivity index (χ0) is 21.3. The molecule has 4 rings (SSSR count). The number of anilines is 1.